The third-order valence-corrected chi connectivity index (χ3v) is 2.99. The number of rotatable bonds is 5. The van der Waals surface area contributed by atoms with E-state index in [4.69, 9.17) is 10.2 Å². The Hall–Kier alpha value is -1.11. The molecule has 0 amide bonds. The average molecular weight is 243 g/mol. The molecule has 1 atom stereocenters. The number of aliphatic hydroxyl groups excluding tert-OH is 2. The van der Waals surface area contributed by atoms with Gasteiger partial charge in [0, 0.05) is 11.4 Å². The molecule has 0 saturated heterocycles. The van der Waals surface area contributed by atoms with E-state index in [9.17, 15) is 9.90 Å². The summed E-state index contributed by atoms with van der Waals surface area (Å²) in [5.41, 5.74) is 0.826. The van der Waals surface area contributed by atoms with Crippen molar-refractivity contribution < 1.29 is 20.1 Å². The van der Waals surface area contributed by atoms with Gasteiger partial charge in [0.1, 0.15) is 5.03 Å². The third kappa shape index (κ3) is 3.48. The van der Waals surface area contributed by atoms with E-state index in [1.807, 2.05) is 0 Å². The van der Waals surface area contributed by atoms with Crippen molar-refractivity contribution in [2.75, 3.05) is 12.4 Å². The molecule has 6 heteroatoms. The molecule has 3 N–H and O–H groups in total. The summed E-state index contributed by atoms with van der Waals surface area (Å²) in [7, 11) is 0. The monoisotopic (exact) mass is 243 g/mol. The summed E-state index contributed by atoms with van der Waals surface area (Å²) in [5.74, 6) is -0.832. The molecule has 1 aromatic rings. The Kier molecular flexibility index (Phi) is 4.72. The first-order valence-electron chi connectivity index (χ1n) is 4.67. The van der Waals surface area contributed by atoms with Crippen LogP contribution in [0.3, 0.4) is 0 Å². The predicted octanol–water partition coefficient (Wildman–Crippen LogP) is 0.534. The van der Waals surface area contributed by atoms with Gasteiger partial charge >= 0.3 is 5.97 Å². The molecule has 0 bridgehead atoms. The highest BCUT2D eigenvalue weighted by Crippen LogP contribution is 2.21. The molecule has 1 heterocycles. The maximum absolute atomic E-state index is 10.9. The lowest BCUT2D eigenvalue weighted by Gasteiger charge is -2.08. The normalized spacial score (nSPS) is 12.4. The van der Waals surface area contributed by atoms with Crippen molar-refractivity contribution in [3.63, 3.8) is 0 Å². The zero-order chi connectivity index (χ0) is 12.1. The second-order valence-corrected chi connectivity index (χ2v) is 4.27. The van der Waals surface area contributed by atoms with Gasteiger partial charge in [0.15, 0.2) is 0 Å². The Bertz CT molecular complexity index is 383. The minimum absolute atomic E-state index is 0.112. The molecule has 1 unspecified atom stereocenters. The number of pyridine rings is 1. The Morgan fingerprint density at radius 2 is 2.25 bits per heavy atom. The SMILES string of the molecule is Cc1ccc(C(=O)O)c(SCC(O)CO)n1. The summed E-state index contributed by atoms with van der Waals surface area (Å²) >= 11 is 1.12. The number of aromatic carboxylic acids is 1. The van der Waals surface area contributed by atoms with Crippen molar-refractivity contribution in [1.29, 1.82) is 0 Å². The molecule has 88 valence electrons. The molecule has 0 aliphatic rings. The van der Waals surface area contributed by atoms with Crippen LogP contribution in [0.5, 0.6) is 0 Å². The van der Waals surface area contributed by atoms with Gasteiger partial charge in [-0.1, -0.05) is 0 Å². The van der Waals surface area contributed by atoms with Crippen LogP contribution in [0.2, 0.25) is 0 Å². The quantitative estimate of drug-likeness (QED) is 0.654. The smallest absolute Gasteiger partial charge is 0.338 e. The number of aryl methyl sites for hydroxylation is 1. The second-order valence-electron chi connectivity index (χ2n) is 3.26. The van der Waals surface area contributed by atoms with Crippen LogP contribution < -0.4 is 0 Å². The first-order valence-corrected chi connectivity index (χ1v) is 5.65. The molecule has 0 saturated carbocycles. The molecular formula is C10H13NO4S. The van der Waals surface area contributed by atoms with Crippen LogP contribution in [-0.2, 0) is 0 Å². The lowest BCUT2D eigenvalue weighted by Crippen LogP contribution is -2.15. The van der Waals surface area contributed by atoms with E-state index >= 15 is 0 Å². The van der Waals surface area contributed by atoms with Crippen LogP contribution in [0, 0.1) is 6.92 Å². The fourth-order valence-corrected chi connectivity index (χ4v) is 2.01. The number of thioether (sulfide) groups is 1. The highest BCUT2D eigenvalue weighted by atomic mass is 32.2. The first-order chi connectivity index (χ1) is 7.54. The molecule has 0 aliphatic carbocycles. The molecule has 0 spiro atoms. The van der Waals surface area contributed by atoms with Crippen LogP contribution in [0.25, 0.3) is 0 Å². The largest absolute Gasteiger partial charge is 0.478 e. The van der Waals surface area contributed by atoms with E-state index < -0.39 is 12.1 Å². The van der Waals surface area contributed by atoms with Crippen molar-refractivity contribution >= 4 is 17.7 Å². The lowest BCUT2D eigenvalue weighted by molar-refractivity contribution is 0.0692. The number of carbonyl (C=O) groups is 1. The molecular weight excluding hydrogens is 230 g/mol. The van der Waals surface area contributed by atoms with Crippen LogP contribution >= 0.6 is 11.8 Å². The fourth-order valence-electron chi connectivity index (χ4n) is 1.03. The van der Waals surface area contributed by atoms with Crippen molar-refractivity contribution in [3.8, 4) is 0 Å². The van der Waals surface area contributed by atoms with Crippen molar-refractivity contribution in [3.05, 3.63) is 23.4 Å². The second kappa shape index (κ2) is 5.83. The standard InChI is InChI=1S/C10H13NO4S/c1-6-2-3-8(10(14)15)9(11-6)16-5-7(13)4-12/h2-3,7,12-13H,4-5H2,1H3,(H,14,15). The van der Waals surface area contributed by atoms with Crippen LogP contribution in [0.15, 0.2) is 17.2 Å². The predicted molar refractivity (Wildman–Crippen MR) is 59.7 cm³/mol. The molecule has 0 fully saturated rings. The van der Waals surface area contributed by atoms with Crippen molar-refractivity contribution in [2.45, 2.75) is 18.1 Å². The van der Waals surface area contributed by atoms with Crippen molar-refractivity contribution in [1.82, 2.24) is 4.98 Å². The van der Waals surface area contributed by atoms with Gasteiger partial charge < -0.3 is 15.3 Å². The van der Waals surface area contributed by atoms with Gasteiger partial charge in [0.2, 0.25) is 0 Å². The van der Waals surface area contributed by atoms with Crippen molar-refractivity contribution in [2.24, 2.45) is 0 Å². The molecule has 1 aromatic heterocycles. The molecule has 0 aromatic carbocycles. The zero-order valence-electron chi connectivity index (χ0n) is 8.75. The summed E-state index contributed by atoms with van der Waals surface area (Å²) in [6.45, 7) is 1.42. The van der Waals surface area contributed by atoms with Crippen LogP contribution in [-0.4, -0.2) is 44.7 Å². The van der Waals surface area contributed by atoms with E-state index in [0.717, 1.165) is 11.8 Å². The summed E-state index contributed by atoms with van der Waals surface area (Å²) in [6.07, 6.45) is -0.867. The number of hydrogen-bond donors (Lipinski definition) is 3. The van der Waals surface area contributed by atoms with E-state index in [1.165, 1.54) is 6.07 Å². The van der Waals surface area contributed by atoms with Gasteiger partial charge in [0.05, 0.1) is 18.3 Å². The fraction of sp³-hybridized carbons (Fsp3) is 0.400. The lowest BCUT2D eigenvalue weighted by atomic mass is 10.2. The van der Waals surface area contributed by atoms with E-state index in [2.05, 4.69) is 4.98 Å². The van der Waals surface area contributed by atoms with E-state index in [1.54, 1.807) is 13.0 Å². The van der Waals surface area contributed by atoms with E-state index in [0.29, 0.717) is 10.7 Å². The topological polar surface area (TPSA) is 90.7 Å². The van der Waals surface area contributed by atoms with Gasteiger partial charge in [-0.15, -0.1) is 11.8 Å². The maximum atomic E-state index is 10.9. The molecule has 5 nitrogen and oxygen atoms in total. The highest BCUT2D eigenvalue weighted by molar-refractivity contribution is 7.99. The molecule has 16 heavy (non-hydrogen) atoms. The molecule has 0 aliphatic heterocycles. The summed E-state index contributed by atoms with van der Waals surface area (Å²) in [5, 5.41) is 27.1. The average Bonchev–Trinajstić information content (AvgIpc) is 2.25. The number of hydrogen-bond acceptors (Lipinski definition) is 5. The van der Waals surface area contributed by atoms with Crippen LogP contribution in [0.1, 0.15) is 16.1 Å². The molecule has 1 rings (SSSR count). The Balaban J connectivity index is 2.84. The third-order valence-electron chi connectivity index (χ3n) is 1.85. The summed E-state index contributed by atoms with van der Waals surface area (Å²) < 4.78 is 0. The highest BCUT2D eigenvalue weighted by Gasteiger charge is 2.13. The Morgan fingerprint density at radius 3 is 2.81 bits per heavy atom. The number of aliphatic hydroxyl groups is 2. The van der Waals surface area contributed by atoms with Gasteiger partial charge in [-0.05, 0) is 19.1 Å². The van der Waals surface area contributed by atoms with Crippen LogP contribution in [0.4, 0.5) is 0 Å². The van der Waals surface area contributed by atoms with Gasteiger partial charge in [0.25, 0.3) is 0 Å². The minimum atomic E-state index is -1.05. The summed E-state index contributed by atoms with van der Waals surface area (Å²) in [4.78, 5) is 15.0. The van der Waals surface area contributed by atoms with Gasteiger partial charge in [-0.3, -0.25) is 0 Å². The summed E-state index contributed by atoms with van der Waals surface area (Å²) in [6, 6.07) is 3.11. The van der Waals surface area contributed by atoms with Gasteiger partial charge in [-0.25, -0.2) is 9.78 Å². The zero-order valence-corrected chi connectivity index (χ0v) is 9.57. The number of nitrogens with zero attached hydrogens (tertiary/aromatic N) is 1. The number of aromatic nitrogens is 1. The van der Waals surface area contributed by atoms with E-state index in [-0.39, 0.29) is 17.9 Å². The van der Waals surface area contributed by atoms with Gasteiger partial charge in [-0.2, -0.15) is 0 Å². The molecule has 0 radical (unpaired) electrons. The first kappa shape index (κ1) is 13.0. The number of carboxylic acids is 1. The Morgan fingerprint density at radius 1 is 1.56 bits per heavy atom. The minimum Gasteiger partial charge on any atom is -0.478 e. The number of carboxylic acid groups (broad SMARTS) is 1. The Labute approximate surface area is 97.1 Å². The maximum Gasteiger partial charge on any atom is 0.338 e.